The molecule has 1 aliphatic rings. The number of amides is 1. The summed E-state index contributed by atoms with van der Waals surface area (Å²) >= 11 is 7.27. The van der Waals surface area contributed by atoms with Crippen molar-refractivity contribution < 1.29 is 22.7 Å². The van der Waals surface area contributed by atoms with E-state index in [0.717, 1.165) is 15.6 Å². The van der Waals surface area contributed by atoms with Crippen LogP contribution in [0, 0.1) is 0 Å². The van der Waals surface area contributed by atoms with Crippen LogP contribution in [-0.4, -0.2) is 49.5 Å². The van der Waals surface area contributed by atoms with Gasteiger partial charge >= 0.3 is 6.09 Å². The third-order valence-corrected chi connectivity index (χ3v) is 7.17. The molecule has 0 bridgehead atoms. The van der Waals surface area contributed by atoms with Gasteiger partial charge in [0.15, 0.2) is 6.29 Å². The van der Waals surface area contributed by atoms with E-state index in [1.54, 1.807) is 27.7 Å². The highest BCUT2D eigenvalue weighted by molar-refractivity contribution is 7.89. The quantitative estimate of drug-likeness (QED) is 0.736. The van der Waals surface area contributed by atoms with Crippen molar-refractivity contribution in [2.24, 2.45) is 4.99 Å². The maximum absolute atomic E-state index is 12.6. The molecule has 1 fully saturated rings. The van der Waals surface area contributed by atoms with Gasteiger partial charge in [0.2, 0.25) is 16.0 Å². The average Bonchev–Trinajstić information content (AvgIpc) is 2.84. The summed E-state index contributed by atoms with van der Waals surface area (Å²) in [5.41, 5.74) is -1.93. The molecule has 11 heteroatoms. The Morgan fingerprint density at radius 1 is 1.50 bits per heavy atom. The van der Waals surface area contributed by atoms with Crippen molar-refractivity contribution in [2.75, 3.05) is 12.8 Å². The number of nitrogens with one attached hydrogen (secondary N) is 1. The molecule has 144 valence electrons. The van der Waals surface area contributed by atoms with Crippen LogP contribution in [0.1, 0.15) is 42.2 Å². The summed E-state index contributed by atoms with van der Waals surface area (Å²) in [5, 5.41) is 3.22. The van der Waals surface area contributed by atoms with Gasteiger partial charge in [-0.2, -0.15) is 0 Å². The number of nitrogens with zero attached hydrogens (tertiary/aromatic N) is 2. The zero-order chi connectivity index (χ0) is 19.9. The second-order valence-corrected chi connectivity index (χ2v) is 10.5. The molecular weight excluding hydrogens is 402 g/mol. The van der Waals surface area contributed by atoms with Crippen LogP contribution < -0.4 is 5.32 Å². The molecule has 0 aromatic carbocycles. The minimum absolute atomic E-state index is 0.176. The lowest BCUT2D eigenvalue weighted by molar-refractivity contribution is 0.0601. The number of guanidine groups is 1. The van der Waals surface area contributed by atoms with Gasteiger partial charge in [-0.15, -0.1) is 16.3 Å². The van der Waals surface area contributed by atoms with Crippen molar-refractivity contribution in [3.8, 4) is 0 Å². The first-order valence-electron chi connectivity index (χ1n) is 7.59. The van der Waals surface area contributed by atoms with Gasteiger partial charge in [0, 0.05) is 7.05 Å². The summed E-state index contributed by atoms with van der Waals surface area (Å²) in [6, 6.07) is 1.47. The number of hydrogen-bond acceptors (Lipinski definition) is 6. The fraction of sp³-hybridized carbons (Fsp3) is 0.533. The largest absolute Gasteiger partial charge is 0.442 e. The molecule has 2 rings (SSSR count). The van der Waals surface area contributed by atoms with E-state index < -0.39 is 27.3 Å². The molecule has 1 saturated heterocycles. The maximum Gasteiger partial charge on any atom is 0.437 e. The van der Waals surface area contributed by atoms with Crippen molar-refractivity contribution >= 4 is 51.3 Å². The lowest BCUT2D eigenvalue weighted by Gasteiger charge is -2.39. The van der Waals surface area contributed by atoms with Gasteiger partial charge in [-0.3, -0.25) is 4.79 Å². The van der Waals surface area contributed by atoms with Crippen LogP contribution in [0.15, 0.2) is 11.1 Å². The first-order chi connectivity index (χ1) is 11.8. The van der Waals surface area contributed by atoms with E-state index in [0.29, 0.717) is 16.0 Å². The number of aliphatic imine (C=N–C) groups is 1. The number of carbonyl (C=O) groups excluding carboxylic acids is 2. The number of thiophene rings is 1. The topological polar surface area (TPSA) is 105 Å². The van der Waals surface area contributed by atoms with Crippen LogP contribution >= 0.6 is 22.9 Å². The number of carbonyl (C=O) groups is 2. The minimum Gasteiger partial charge on any atom is -0.442 e. The van der Waals surface area contributed by atoms with E-state index >= 15 is 0 Å². The average molecular weight is 422 g/mol. The summed E-state index contributed by atoms with van der Waals surface area (Å²) in [7, 11) is -2.49. The highest BCUT2D eigenvalue weighted by atomic mass is 35.5. The Hall–Kier alpha value is -1.65. The van der Waals surface area contributed by atoms with E-state index in [4.69, 9.17) is 16.3 Å². The summed E-state index contributed by atoms with van der Waals surface area (Å²) < 4.78 is 31.2. The van der Waals surface area contributed by atoms with Gasteiger partial charge < -0.3 is 10.1 Å². The first-order valence-corrected chi connectivity index (χ1v) is 10.4. The van der Waals surface area contributed by atoms with E-state index in [-0.39, 0.29) is 16.7 Å². The summed E-state index contributed by atoms with van der Waals surface area (Å²) in [6.45, 7) is 6.65. The molecular formula is C15H20ClN3O5S2. The highest BCUT2D eigenvalue weighted by Gasteiger charge is 2.44. The van der Waals surface area contributed by atoms with Crippen LogP contribution in [0.4, 0.5) is 4.79 Å². The van der Waals surface area contributed by atoms with Gasteiger partial charge in [-0.25, -0.2) is 17.5 Å². The number of ether oxygens (including phenoxy) is 1. The van der Waals surface area contributed by atoms with Crippen LogP contribution in [0.2, 0.25) is 5.02 Å². The molecule has 0 saturated carbocycles. The fourth-order valence-electron chi connectivity index (χ4n) is 2.37. The van der Waals surface area contributed by atoms with Crippen LogP contribution in [0.5, 0.6) is 0 Å². The van der Waals surface area contributed by atoms with E-state index in [1.807, 2.05) is 0 Å². The molecule has 0 radical (unpaired) electrons. The second kappa shape index (κ2) is 6.82. The summed E-state index contributed by atoms with van der Waals surface area (Å²) in [4.78, 5) is 27.6. The Morgan fingerprint density at radius 2 is 2.12 bits per heavy atom. The molecule has 1 aromatic heterocycles. The van der Waals surface area contributed by atoms with Gasteiger partial charge in [0.25, 0.3) is 0 Å². The molecule has 1 aliphatic heterocycles. The predicted molar refractivity (Wildman–Crippen MR) is 100 cm³/mol. The van der Waals surface area contributed by atoms with Crippen LogP contribution in [0.3, 0.4) is 0 Å². The number of rotatable bonds is 2. The molecule has 26 heavy (non-hydrogen) atoms. The van der Waals surface area contributed by atoms with Crippen LogP contribution in [-0.2, 0) is 20.3 Å². The monoisotopic (exact) mass is 421 g/mol. The molecule has 1 N–H and O–H groups in total. The normalized spacial score (nSPS) is 24.2. The van der Waals surface area contributed by atoms with E-state index in [1.165, 1.54) is 13.1 Å². The fourth-order valence-corrected chi connectivity index (χ4v) is 5.42. The van der Waals surface area contributed by atoms with E-state index in [9.17, 15) is 18.0 Å². The Morgan fingerprint density at radius 3 is 2.62 bits per heavy atom. The highest BCUT2D eigenvalue weighted by Crippen LogP contribution is 2.38. The van der Waals surface area contributed by atoms with Crippen molar-refractivity contribution in [1.29, 1.82) is 0 Å². The van der Waals surface area contributed by atoms with Gasteiger partial charge in [0.1, 0.15) is 5.60 Å². The smallest absolute Gasteiger partial charge is 0.437 e. The third-order valence-electron chi connectivity index (χ3n) is 3.49. The Labute approximate surface area is 161 Å². The SMILES string of the molecule is CN1/C(=N/C(=O)OC(C)(C)C)N[C@](C)(c2sc(C=O)cc2Cl)CS1(=O)=O. The molecule has 1 amide bonds. The number of aldehydes is 1. The van der Waals surface area contributed by atoms with Gasteiger partial charge in [-0.1, -0.05) is 11.6 Å². The van der Waals surface area contributed by atoms with Crippen molar-refractivity contribution in [2.45, 2.75) is 38.8 Å². The molecule has 8 nitrogen and oxygen atoms in total. The lowest BCUT2D eigenvalue weighted by Crippen LogP contribution is -2.61. The van der Waals surface area contributed by atoms with Gasteiger partial charge in [-0.05, 0) is 33.8 Å². The molecule has 0 aliphatic carbocycles. The molecule has 2 heterocycles. The first kappa shape index (κ1) is 20.7. The number of halogens is 1. The number of sulfonamides is 1. The third kappa shape index (κ3) is 4.36. The zero-order valence-corrected chi connectivity index (χ0v) is 17.4. The molecule has 1 aromatic rings. The van der Waals surface area contributed by atoms with Crippen molar-refractivity contribution in [3.63, 3.8) is 0 Å². The minimum atomic E-state index is -3.78. The van der Waals surface area contributed by atoms with E-state index in [2.05, 4.69) is 10.3 Å². The lowest BCUT2D eigenvalue weighted by atomic mass is 10.0. The Bertz CT molecular complexity index is 872. The van der Waals surface area contributed by atoms with Gasteiger partial charge in [0.05, 0.1) is 26.1 Å². The standard InChI is InChI=1S/C15H20ClN3O5S2/c1-14(2,3)24-13(21)17-12-18-15(4,8-26(22,23)19(12)5)11-10(16)6-9(7-20)25-11/h6-7H,8H2,1-5H3,(H,17,18,21)/t15-/m0/s1. The maximum atomic E-state index is 12.6. The Balaban J connectivity index is 2.46. The van der Waals surface area contributed by atoms with Crippen LogP contribution in [0.25, 0.3) is 0 Å². The second-order valence-electron chi connectivity index (χ2n) is 7.04. The summed E-state index contributed by atoms with van der Waals surface area (Å²) in [6.07, 6.45) is -0.278. The van der Waals surface area contributed by atoms with Crippen molar-refractivity contribution in [1.82, 2.24) is 9.62 Å². The predicted octanol–water partition coefficient (Wildman–Crippen LogP) is 2.59. The zero-order valence-electron chi connectivity index (χ0n) is 15.0. The molecule has 0 unspecified atom stereocenters. The molecule has 1 atom stereocenters. The van der Waals surface area contributed by atoms with Crippen molar-refractivity contribution in [3.05, 3.63) is 20.8 Å². The Kier molecular flexibility index (Phi) is 5.42. The molecule has 0 spiro atoms. The summed E-state index contributed by atoms with van der Waals surface area (Å²) in [5.74, 6) is -0.493. The number of hydrogen-bond donors (Lipinski definition) is 1.